The third-order valence-electron chi connectivity index (χ3n) is 2.43. The molecule has 0 saturated carbocycles. The molecule has 1 atom stereocenters. The second-order valence-electron chi connectivity index (χ2n) is 4.66. The van der Waals surface area contributed by atoms with Crippen molar-refractivity contribution in [3.8, 4) is 0 Å². The predicted molar refractivity (Wildman–Crippen MR) is 63.2 cm³/mol. The number of carbonyl (C=O) groups is 1. The summed E-state index contributed by atoms with van der Waals surface area (Å²) in [6.07, 6.45) is 4.86. The average Bonchev–Trinajstić information content (AvgIpc) is 2.09. The van der Waals surface area contributed by atoms with Crippen molar-refractivity contribution < 1.29 is 9.53 Å². The molecule has 0 aromatic rings. The maximum absolute atomic E-state index is 11.5. The van der Waals surface area contributed by atoms with Crippen molar-refractivity contribution in [1.29, 1.82) is 0 Å². The monoisotopic (exact) mass is 214 g/mol. The number of carbonyl (C=O) groups excluding carboxylic acids is 1. The minimum absolute atomic E-state index is 0.0340. The number of methoxy groups -OCH3 is 1. The lowest BCUT2D eigenvalue weighted by Crippen LogP contribution is -2.34. The molecule has 0 bridgehead atoms. The molecule has 0 rings (SSSR count). The Morgan fingerprint density at radius 3 is 2.43 bits per heavy atom. The van der Waals surface area contributed by atoms with E-state index >= 15 is 0 Å². The first-order valence-corrected chi connectivity index (χ1v) is 8.70. The number of rotatable bonds is 6. The fourth-order valence-corrected chi connectivity index (χ4v) is 3.41. The van der Waals surface area contributed by atoms with E-state index in [-0.39, 0.29) is 11.5 Å². The van der Waals surface area contributed by atoms with E-state index in [1.165, 1.54) is 7.11 Å². The van der Waals surface area contributed by atoms with Crippen LogP contribution in [0.2, 0.25) is 25.2 Å². The predicted octanol–water partition coefficient (Wildman–Crippen LogP) is 3.22. The summed E-state index contributed by atoms with van der Waals surface area (Å²) >= 11 is 0. The molecule has 3 heteroatoms. The van der Waals surface area contributed by atoms with Crippen LogP contribution < -0.4 is 0 Å². The van der Waals surface area contributed by atoms with Crippen molar-refractivity contribution in [3.05, 3.63) is 12.7 Å². The third-order valence-corrected chi connectivity index (χ3v) is 5.05. The zero-order valence-electron chi connectivity index (χ0n) is 9.80. The summed E-state index contributed by atoms with van der Waals surface area (Å²) in [6, 6.07) is 0. The van der Waals surface area contributed by atoms with E-state index in [2.05, 4.69) is 26.2 Å². The van der Waals surface area contributed by atoms with Crippen LogP contribution in [0.1, 0.15) is 19.3 Å². The Morgan fingerprint density at radius 1 is 1.50 bits per heavy atom. The van der Waals surface area contributed by atoms with Crippen molar-refractivity contribution in [3.63, 3.8) is 0 Å². The standard InChI is InChI=1S/C11H22O2Si/c1-6-7-8-9-10(11(12)13-2)14(3,4)5/h6,10H,1,7-9H2,2-5H3/t10-/m1/s1. The average molecular weight is 214 g/mol. The summed E-state index contributed by atoms with van der Waals surface area (Å²) in [5, 5.41) is 0. The zero-order valence-corrected chi connectivity index (χ0v) is 10.8. The molecule has 0 saturated heterocycles. The number of esters is 1. The molecule has 0 aliphatic carbocycles. The SMILES string of the molecule is C=CCCC[C@H](C(=O)OC)[Si](C)(C)C. The molecule has 0 fully saturated rings. The summed E-state index contributed by atoms with van der Waals surface area (Å²) in [7, 11) is 0.0456. The van der Waals surface area contributed by atoms with Crippen molar-refractivity contribution in [2.24, 2.45) is 0 Å². The quantitative estimate of drug-likeness (QED) is 0.294. The van der Waals surface area contributed by atoms with Gasteiger partial charge in [-0.25, -0.2) is 0 Å². The van der Waals surface area contributed by atoms with Crippen molar-refractivity contribution >= 4 is 14.0 Å². The van der Waals surface area contributed by atoms with Gasteiger partial charge >= 0.3 is 5.97 Å². The van der Waals surface area contributed by atoms with E-state index < -0.39 is 8.07 Å². The Bertz CT molecular complexity index is 194. The van der Waals surface area contributed by atoms with E-state index in [1.807, 2.05) is 6.08 Å². The fourth-order valence-electron chi connectivity index (χ4n) is 1.51. The molecule has 82 valence electrons. The summed E-state index contributed by atoms with van der Waals surface area (Å²) in [6.45, 7) is 10.3. The largest absolute Gasteiger partial charge is 0.469 e. The van der Waals surface area contributed by atoms with Crippen molar-refractivity contribution in [2.75, 3.05) is 7.11 Å². The molecule has 0 aromatic carbocycles. The van der Waals surface area contributed by atoms with Gasteiger partial charge in [0, 0.05) is 0 Å². The summed E-state index contributed by atoms with van der Waals surface area (Å²) in [4.78, 5) is 11.5. The van der Waals surface area contributed by atoms with Gasteiger partial charge in [-0.05, 0) is 19.3 Å². The Kier molecular flexibility index (Phi) is 5.77. The van der Waals surface area contributed by atoms with Crippen LogP contribution in [0.4, 0.5) is 0 Å². The summed E-state index contributed by atoms with van der Waals surface area (Å²) in [5.41, 5.74) is 0.132. The molecule has 0 heterocycles. The van der Waals surface area contributed by atoms with Gasteiger partial charge in [-0.1, -0.05) is 25.7 Å². The first kappa shape index (κ1) is 13.4. The zero-order chi connectivity index (χ0) is 11.2. The molecular weight excluding hydrogens is 192 g/mol. The fraction of sp³-hybridized carbons (Fsp3) is 0.727. The lowest BCUT2D eigenvalue weighted by Gasteiger charge is -2.26. The summed E-state index contributed by atoms with van der Waals surface area (Å²) in [5.74, 6) is -0.0340. The first-order chi connectivity index (χ1) is 6.43. The molecule has 0 spiro atoms. The molecule has 2 nitrogen and oxygen atoms in total. The molecule has 0 radical (unpaired) electrons. The van der Waals surface area contributed by atoms with E-state index in [0.29, 0.717) is 0 Å². The van der Waals surface area contributed by atoms with Gasteiger partial charge < -0.3 is 4.74 Å². The summed E-state index contributed by atoms with van der Waals surface area (Å²) < 4.78 is 4.84. The Labute approximate surface area is 88.4 Å². The Balaban J connectivity index is 4.26. The molecule has 0 N–H and O–H groups in total. The van der Waals surface area contributed by atoms with Crippen molar-refractivity contribution in [2.45, 2.75) is 44.4 Å². The van der Waals surface area contributed by atoms with Gasteiger partial charge in [-0.3, -0.25) is 4.79 Å². The molecule has 0 aliphatic rings. The molecule has 14 heavy (non-hydrogen) atoms. The van der Waals surface area contributed by atoms with Crippen LogP contribution in [0.5, 0.6) is 0 Å². The van der Waals surface area contributed by atoms with Gasteiger partial charge in [0.05, 0.1) is 20.7 Å². The van der Waals surface area contributed by atoms with Crippen LogP contribution in [0, 0.1) is 0 Å². The smallest absolute Gasteiger partial charge is 0.305 e. The minimum atomic E-state index is -1.43. The van der Waals surface area contributed by atoms with E-state index in [4.69, 9.17) is 4.74 Å². The minimum Gasteiger partial charge on any atom is -0.469 e. The molecule has 0 aliphatic heterocycles. The lowest BCUT2D eigenvalue weighted by atomic mass is 10.2. The second kappa shape index (κ2) is 6.01. The molecule has 0 aromatic heterocycles. The molecule has 0 amide bonds. The lowest BCUT2D eigenvalue weighted by molar-refractivity contribution is -0.140. The highest BCUT2D eigenvalue weighted by atomic mass is 28.3. The van der Waals surface area contributed by atoms with Gasteiger partial charge in [-0.15, -0.1) is 6.58 Å². The van der Waals surface area contributed by atoms with Gasteiger partial charge in [0.2, 0.25) is 0 Å². The van der Waals surface area contributed by atoms with Crippen LogP contribution in [-0.4, -0.2) is 21.2 Å². The van der Waals surface area contributed by atoms with E-state index in [9.17, 15) is 4.79 Å². The van der Waals surface area contributed by atoms with Gasteiger partial charge in [0.15, 0.2) is 0 Å². The number of hydrogen-bond acceptors (Lipinski definition) is 2. The Morgan fingerprint density at radius 2 is 2.07 bits per heavy atom. The van der Waals surface area contributed by atoms with Gasteiger partial charge in [0.1, 0.15) is 0 Å². The molecular formula is C11H22O2Si. The number of allylic oxidation sites excluding steroid dienone is 1. The molecule has 0 unspecified atom stereocenters. The number of ether oxygens (including phenoxy) is 1. The maximum Gasteiger partial charge on any atom is 0.305 e. The van der Waals surface area contributed by atoms with Crippen LogP contribution in [0.15, 0.2) is 12.7 Å². The van der Waals surface area contributed by atoms with Crippen LogP contribution in [-0.2, 0) is 9.53 Å². The normalized spacial score (nSPS) is 13.4. The van der Waals surface area contributed by atoms with Crippen molar-refractivity contribution in [1.82, 2.24) is 0 Å². The van der Waals surface area contributed by atoms with Crippen LogP contribution >= 0.6 is 0 Å². The van der Waals surface area contributed by atoms with E-state index in [0.717, 1.165) is 19.3 Å². The second-order valence-corrected chi connectivity index (χ2v) is 10.1. The number of unbranched alkanes of at least 4 members (excludes halogenated alkanes) is 1. The van der Waals surface area contributed by atoms with E-state index in [1.54, 1.807) is 0 Å². The third kappa shape index (κ3) is 4.60. The number of hydrogen-bond donors (Lipinski definition) is 0. The highest BCUT2D eigenvalue weighted by Crippen LogP contribution is 2.28. The highest BCUT2D eigenvalue weighted by molar-refractivity contribution is 6.80. The first-order valence-electron chi connectivity index (χ1n) is 5.12. The topological polar surface area (TPSA) is 26.3 Å². The van der Waals surface area contributed by atoms with Crippen LogP contribution in [0.25, 0.3) is 0 Å². The maximum atomic E-state index is 11.5. The van der Waals surface area contributed by atoms with Gasteiger partial charge in [0.25, 0.3) is 0 Å². The van der Waals surface area contributed by atoms with Crippen LogP contribution in [0.3, 0.4) is 0 Å². The highest BCUT2D eigenvalue weighted by Gasteiger charge is 2.32. The Hall–Kier alpha value is -0.573. The van der Waals surface area contributed by atoms with Gasteiger partial charge in [-0.2, -0.15) is 0 Å².